The SMILES string of the molecule is Cc1ccc(S(=O)(=O)N2C[C@@H](O[Si](C)(C)C(C)(C)C)[C@H](c3cccc(O[Si](C)(C)C(C)(C)C)c3)C2)cc1. The predicted molar refractivity (Wildman–Crippen MR) is 159 cm³/mol. The molecule has 2 atom stereocenters. The van der Waals surface area contributed by atoms with Gasteiger partial charge in [0, 0.05) is 19.0 Å². The second-order valence-electron chi connectivity index (χ2n) is 13.6. The van der Waals surface area contributed by atoms with Gasteiger partial charge in [0.05, 0.1) is 11.0 Å². The van der Waals surface area contributed by atoms with E-state index in [1.807, 2.05) is 31.2 Å². The number of nitrogens with zero attached hydrogens (tertiary/aromatic N) is 1. The van der Waals surface area contributed by atoms with Crippen molar-refractivity contribution in [1.29, 1.82) is 0 Å². The van der Waals surface area contributed by atoms with Gasteiger partial charge in [-0.25, -0.2) is 8.42 Å². The van der Waals surface area contributed by atoms with Crippen LogP contribution in [0.25, 0.3) is 0 Å². The van der Waals surface area contributed by atoms with Gasteiger partial charge < -0.3 is 8.85 Å². The van der Waals surface area contributed by atoms with Gasteiger partial charge in [-0.05, 0) is 73.0 Å². The van der Waals surface area contributed by atoms with E-state index in [-0.39, 0.29) is 22.1 Å². The van der Waals surface area contributed by atoms with Crippen LogP contribution in [-0.4, -0.2) is 48.6 Å². The van der Waals surface area contributed by atoms with Gasteiger partial charge in [0.1, 0.15) is 5.75 Å². The van der Waals surface area contributed by atoms with Gasteiger partial charge >= 0.3 is 0 Å². The number of benzene rings is 2. The number of hydrogen-bond donors (Lipinski definition) is 0. The molecule has 0 amide bonds. The molecular weight excluding hydrogens is 515 g/mol. The maximum Gasteiger partial charge on any atom is 0.250 e. The Balaban J connectivity index is 1.99. The van der Waals surface area contributed by atoms with Gasteiger partial charge in [-0.2, -0.15) is 4.31 Å². The minimum Gasteiger partial charge on any atom is -0.543 e. The van der Waals surface area contributed by atoms with Gasteiger partial charge in [-0.1, -0.05) is 71.4 Å². The van der Waals surface area contributed by atoms with E-state index in [9.17, 15) is 8.42 Å². The average Bonchev–Trinajstić information content (AvgIpc) is 3.16. The van der Waals surface area contributed by atoms with Crippen molar-refractivity contribution in [3.63, 3.8) is 0 Å². The van der Waals surface area contributed by atoms with Crippen LogP contribution in [-0.2, 0) is 14.4 Å². The van der Waals surface area contributed by atoms with E-state index in [0.29, 0.717) is 18.0 Å². The van der Waals surface area contributed by atoms with Crippen LogP contribution < -0.4 is 4.43 Å². The topological polar surface area (TPSA) is 55.8 Å². The molecule has 1 saturated heterocycles. The summed E-state index contributed by atoms with van der Waals surface area (Å²) in [5.74, 6) is 0.785. The van der Waals surface area contributed by atoms with Crippen molar-refractivity contribution < 1.29 is 17.3 Å². The summed E-state index contributed by atoms with van der Waals surface area (Å²) in [6.07, 6.45) is -0.218. The van der Waals surface area contributed by atoms with E-state index in [1.54, 1.807) is 16.4 Å². The zero-order valence-electron chi connectivity index (χ0n) is 24.7. The molecule has 0 unspecified atom stereocenters. The molecule has 2 aromatic rings. The van der Waals surface area contributed by atoms with E-state index in [0.717, 1.165) is 16.9 Å². The number of sulfonamides is 1. The molecule has 1 aliphatic heterocycles. The Morgan fingerprint density at radius 1 is 0.838 bits per heavy atom. The summed E-state index contributed by atoms with van der Waals surface area (Å²) < 4.78 is 42.4. The Morgan fingerprint density at radius 3 is 1.95 bits per heavy atom. The van der Waals surface area contributed by atoms with E-state index in [1.165, 1.54) is 0 Å². The van der Waals surface area contributed by atoms with Crippen LogP contribution in [0.2, 0.25) is 36.3 Å². The Labute approximate surface area is 227 Å². The van der Waals surface area contributed by atoms with Crippen molar-refractivity contribution in [1.82, 2.24) is 4.31 Å². The van der Waals surface area contributed by atoms with Crippen molar-refractivity contribution in [3.8, 4) is 5.75 Å². The van der Waals surface area contributed by atoms with Gasteiger partial charge in [-0.15, -0.1) is 0 Å². The van der Waals surface area contributed by atoms with Gasteiger partial charge in [0.2, 0.25) is 18.3 Å². The van der Waals surface area contributed by atoms with Crippen LogP contribution in [0.4, 0.5) is 0 Å². The third-order valence-electron chi connectivity index (χ3n) is 8.61. The highest BCUT2D eigenvalue weighted by Gasteiger charge is 2.47. The van der Waals surface area contributed by atoms with Crippen LogP contribution in [0, 0.1) is 6.92 Å². The van der Waals surface area contributed by atoms with Gasteiger partial charge in [0.25, 0.3) is 0 Å². The van der Waals surface area contributed by atoms with Crippen molar-refractivity contribution in [2.75, 3.05) is 13.1 Å². The molecule has 206 valence electrons. The molecule has 1 fully saturated rings. The predicted octanol–water partition coefficient (Wildman–Crippen LogP) is 7.56. The fourth-order valence-corrected chi connectivity index (χ4v) is 7.90. The molecule has 1 heterocycles. The smallest absolute Gasteiger partial charge is 0.250 e. The lowest BCUT2D eigenvalue weighted by Crippen LogP contribution is -2.45. The first-order valence-electron chi connectivity index (χ1n) is 13.3. The molecule has 0 bridgehead atoms. The van der Waals surface area contributed by atoms with Crippen molar-refractivity contribution in [2.45, 2.75) is 102 Å². The Morgan fingerprint density at radius 2 is 1.41 bits per heavy atom. The number of rotatable bonds is 7. The van der Waals surface area contributed by atoms with Crippen molar-refractivity contribution >= 4 is 26.7 Å². The number of hydrogen-bond acceptors (Lipinski definition) is 4. The van der Waals surface area contributed by atoms with E-state index >= 15 is 0 Å². The third-order valence-corrected chi connectivity index (χ3v) is 19.3. The average molecular weight is 562 g/mol. The molecule has 0 aromatic heterocycles. The van der Waals surface area contributed by atoms with Crippen LogP contribution in [0.15, 0.2) is 53.4 Å². The lowest BCUT2D eigenvalue weighted by atomic mass is 9.96. The number of aryl methyl sites for hydroxylation is 1. The zero-order valence-corrected chi connectivity index (χ0v) is 27.5. The Bertz CT molecular complexity index is 1200. The molecule has 37 heavy (non-hydrogen) atoms. The molecular formula is C29H47NO4SSi2. The monoisotopic (exact) mass is 561 g/mol. The summed E-state index contributed by atoms with van der Waals surface area (Å²) in [5, 5.41) is 0.108. The fourth-order valence-electron chi connectivity index (χ4n) is 4.05. The van der Waals surface area contributed by atoms with E-state index in [2.05, 4.69) is 79.9 Å². The highest BCUT2D eigenvalue weighted by molar-refractivity contribution is 7.89. The first-order chi connectivity index (χ1) is 16.7. The molecule has 0 N–H and O–H groups in total. The Kier molecular flexibility index (Phi) is 8.35. The minimum atomic E-state index is -3.63. The highest BCUT2D eigenvalue weighted by atomic mass is 32.2. The summed E-state index contributed by atoms with van der Waals surface area (Å²) in [6, 6.07) is 15.4. The molecule has 1 aliphatic rings. The largest absolute Gasteiger partial charge is 0.543 e. The summed E-state index contributed by atoms with van der Waals surface area (Å²) in [5.41, 5.74) is 2.11. The normalized spacial score (nSPS) is 20.3. The van der Waals surface area contributed by atoms with Crippen molar-refractivity contribution in [2.24, 2.45) is 0 Å². The molecule has 0 aliphatic carbocycles. The molecule has 8 heteroatoms. The fraction of sp³-hybridized carbons (Fsp3) is 0.586. The van der Waals surface area contributed by atoms with Crippen molar-refractivity contribution in [3.05, 3.63) is 59.7 Å². The third kappa shape index (κ3) is 6.58. The maximum absolute atomic E-state index is 13.7. The van der Waals surface area contributed by atoms with Gasteiger partial charge in [-0.3, -0.25) is 0 Å². The van der Waals surface area contributed by atoms with E-state index in [4.69, 9.17) is 8.85 Å². The molecule has 3 rings (SSSR count). The van der Waals surface area contributed by atoms with Crippen LogP contribution >= 0.6 is 0 Å². The lowest BCUT2D eigenvalue weighted by molar-refractivity contribution is 0.178. The van der Waals surface area contributed by atoms with Crippen LogP contribution in [0.5, 0.6) is 5.75 Å². The summed E-state index contributed by atoms with van der Waals surface area (Å²) in [7, 11) is -7.79. The first kappa shape index (κ1) is 30.1. The van der Waals surface area contributed by atoms with Crippen LogP contribution in [0.1, 0.15) is 58.6 Å². The summed E-state index contributed by atoms with van der Waals surface area (Å²) in [6.45, 7) is 25.0. The quantitative estimate of drug-likeness (QED) is 0.327. The first-order valence-corrected chi connectivity index (χ1v) is 20.5. The highest BCUT2D eigenvalue weighted by Crippen LogP contribution is 2.43. The minimum absolute atomic E-state index is 0.0219. The molecule has 0 radical (unpaired) electrons. The second-order valence-corrected chi connectivity index (χ2v) is 25.0. The summed E-state index contributed by atoms with van der Waals surface area (Å²) in [4.78, 5) is 0.333. The summed E-state index contributed by atoms with van der Waals surface area (Å²) >= 11 is 0. The van der Waals surface area contributed by atoms with E-state index < -0.39 is 26.7 Å². The molecule has 2 aromatic carbocycles. The zero-order chi connectivity index (χ0) is 28.0. The maximum atomic E-state index is 13.7. The second kappa shape index (κ2) is 10.3. The van der Waals surface area contributed by atoms with Gasteiger partial charge in [0.15, 0.2) is 8.32 Å². The van der Waals surface area contributed by atoms with Crippen LogP contribution in [0.3, 0.4) is 0 Å². The standard InChI is InChI=1S/C29H47NO4SSi2/c1-22-15-17-25(18-16-22)35(31,32)30-20-26(27(21-30)34-37(10,11)29(5,6)7)23-13-12-14-24(19-23)33-36(8,9)28(2,3)4/h12-19,26-27H,20-21H2,1-11H3/t26-,27+/m0/s1. The molecule has 0 spiro atoms. The molecule has 0 saturated carbocycles. The Hall–Kier alpha value is -1.46. The molecule has 5 nitrogen and oxygen atoms in total. The lowest BCUT2D eigenvalue weighted by Gasteiger charge is -2.40.